The Morgan fingerprint density at radius 1 is 1.30 bits per heavy atom. The van der Waals surface area contributed by atoms with E-state index in [4.69, 9.17) is 9.52 Å². The Bertz CT molecular complexity index is 689. The summed E-state index contributed by atoms with van der Waals surface area (Å²) >= 11 is 0. The minimum atomic E-state index is -0.285. The molecule has 4 heteroatoms. The highest BCUT2D eigenvalue weighted by Crippen LogP contribution is 2.16. The summed E-state index contributed by atoms with van der Waals surface area (Å²) in [5.41, 5.74) is 2.43. The topological polar surface area (TPSA) is 62.5 Å². The van der Waals surface area contributed by atoms with Crippen molar-refractivity contribution in [2.24, 2.45) is 0 Å². The summed E-state index contributed by atoms with van der Waals surface area (Å²) in [5.74, 6) is 6.14. The number of benzene rings is 1. The molecule has 2 rings (SSSR count). The molecule has 0 spiro atoms. The first kappa shape index (κ1) is 13.9. The molecule has 2 N–H and O–H groups in total. The number of aliphatic hydroxyl groups excluding tert-OH is 1. The van der Waals surface area contributed by atoms with Gasteiger partial charge in [-0.1, -0.05) is 11.8 Å². The molecule has 0 saturated carbocycles. The molecule has 0 aliphatic rings. The second-order valence-electron chi connectivity index (χ2n) is 4.35. The first-order valence-corrected chi connectivity index (χ1v) is 6.18. The van der Waals surface area contributed by atoms with Crippen molar-refractivity contribution in [3.05, 3.63) is 53.0 Å². The molecule has 1 aromatic heterocycles. The quantitative estimate of drug-likeness (QED) is 0.823. The van der Waals surface area contributed by atoms with Gasteiger partial charge in [0.25, 0.3) is 5.91 Å². The van der Waals surface area contributed by atoms with Crippen LogP contribution in [0, 0.1) is 25.7 Å². The van der Waals surface area contributed by atoms with E-state index >= 15 is 0 Å². The maximum atomic E-state index is 11.9. The molecule has 0 unspecified atom stereocenters. The minimum Gasteiger partial charge on any atom is -0.456 e. The number of aliphatic hydroxyl groups is 1. The van der Waals surface area contributed by atoms with Gasteiger partial charge in [0.1, 0.15) is 12.4 Å². The normalized spacial score (nSPS) is 9.75. The summed E-state index contributed by atoms with van der Waals surface area (Å²) in [7, 11) is 0. The van der Waals surface area contributed by atoms with Gasteiger partial charge in [0.15, 0.2) is 5.76 Å². The second kappa shape index (κ2) is 6.09. The Morgan fingerprint density at radius 2 is 2.10 bits per heavy atom. The molecule has 1 aromatic carbocycles. The van der Waals surface area contributed by atoms with Gasteiger partial charge in [0, 0.05) is 11.3 Å². The molecule has 1 heterocycles. The molecule has 0 atom stereocenters. The fraction of sp³-hybridized carbons (Fsp3) is 0.188. The van der Waals surface area contributed by atoms with Crippen LogP contribution in [0.5, 0.6) is 0 Å². The van der Waals surface area contributed by atoms with Crippen molar-refractivity contribution in [2.45, 2.75) is 13.8 Å². The predicted octanol–water partition coefficient (Wildman–Crippen LogP) is 2.49. The highest BCUT2D eigenvalue weighted by Gasteiger charge is 2.10. The predicted molar refractivity (Wildman–Crippen MR) is 76.5 cm³/mol. The third-order valence-corrected chi connectivity index (χ3v) is 2.75. The second-order valence-corrected chi connectivity index (χ2v) is 4.35. The van der Waals surface area contributed by atoms with Crippen LogP contribution in [0.4, 0.5) is 5.69 Å². The number of furan rings is 1. The molecular weight excluding hydrogens is 254 g/mol. The maximum absolute atomic E-state index is 11.9. The zero-order chi connectivity index (χ0) is 14.5. The van der Waals surface area contributed by atoms with Gasteiger partial charge in [-0.3, -0.25) is 4.79 Å². The smallest absolute Gasteiger partial charge is 0.291 e. The molecule has 0 fully saturated rings. The van der Waals surface area contributed by atoms with Crippen LogP contribution in [0.15, 0.2) is 34.7 Å². The van der Waals surface area contributed by atoms with E-state index in [2.05, 4.69) is 17.2 Å². The van der Waals surface area contributed by atoms with Crippen molar-refractivity contribution in [1.29, 1.82) is 0 Å². The summed E-state index contributed by atoms with van der Waals surface area (Å²) in [6.07, 6.45) is 0. The molecule has 102 valence electrons. The van der Waals surface area contributed by atoms with Gasteiger partial charge < -0.3 is 14.8 Å². The van der Waals surface area contributed by atoms with Crippen LogP contribution in [0.2, 0.25) is 0 Å². The van der Waals surface area contributed by atoms with Gasteiger partial charge in [-0.2, -0.15) is 0 Å². The molecule has 0 bridgehead atoms. The van der Waals surface area contributed by atoms with Crippen LogP contribution in [-0.2, 0) is 0 Å². The largest absolute Gasteiger partial charge is 0.456 e. The number of carbonyl (C=O) groups excluding carboxylic acids is 1. The van der Waals surface area contributed by atoms with Crippen molar-refractivity contribution in [3.8, 4) is 11.8 Å². The standard InChI is InChI=1S/C16H15NO3/c1-11-10-14(7-6-13(11)4-3-9-18)17-16(19)15-8-5-12(2)20-15/h5-8,10,18H,9H2,1-2H3,(H,17,19). The molecule has 4 nitrogen and oxygen atoms in total. The Kier molecular flexibility index (Phi) is 4.24. The molecule has 0 aliphatic carbocycles. The van der Waals surface area contributed by atoms with Crippen LogP contribution in [-0.4, -0.2) is 17.6 Å². The van der Waals surface area contributed by atoms with Crippen LogP contribution >= 0.6 is 0 Å². The monoisotopic (exact) mass is 269 g/mol. The zero-order valence-electron chi connectivity index (χ0n) is 11.4. The number of amides is 1. The van der Waals surface area contributed by atoms with Crippen molar-refractivity contribution in [2.75, 3.05) is 11.9 Å². The van der Waals surface area contributed by atoms with E-state index in [1.54, 1.807) is 31.2 Å². The average Bonchev–Trinajstić information content (AvgIpc) is 2.85. The Balaban J connectivity index is 2.14. The summed E-state index contributed by atoms with van der Waals surface area (Å²) in [6, 6.07) is 8.78. The highest BCUT2D eigenvalue weighted by molar-refractivity contribution is 6.02. The van der Waals surface area contributed by atoms with Gasteiger partial charge in [0.05, 0.1) is 0 Å². The third kappa shape index (κ3) is 3.28. The van der Waals surface area contributed by atoms with Crippen LogP contribution in [0.3, 0.4) is 0 Å². The van der Waals surface area contributed by atoms with Gasteiger partial charge in [-0.15, -0.1) is 0 Å². The van der Waals surface area contributed by atoms with Crippen molar-refractivity contribution >= 4 is 11.6 Å². The first-order valence-electron chi connectivity index (χ1n) is 6.18. The average molecular weight is 269 g/mol. The number of carbonyl (C=O) groups is 1. The van der Waals surface area contributed by atoms with Crippen LogP contribution in [0.25, 0.3) is 0 Å². The number of nitrogens with one attached hydrogen (secondary N) is 1. The van der Waals surface area contributed by atoms with E-state index in [-0.39, 0.29) is 18.3 Å². The lowest BCUT2D eigenvalue weighted by molar-refractivity contribution is 0.0995. The van der Waals surface area contributed by atoms with E-state index in [0.717, 1.165) is 11.1 Å². The molecule has 20 heavy (non-hydrogen) atoms. The van der Waals surface area contributed by atoms with E-state index in [0.29, 0.717) is 11.4 Å². The van der Waals surface area contributed by atoms with Crippen molar-refractivity contribution < 1.29 is 14.3 Å². The molecule has 0 aliphatic heterocycles. The Labute approximate surface area is 117 Å². The van der Waals surface area contributed by atoms with Gasteiger partial charge in [0.2, 0.25) is 0 Å². The van der Waals surface area contributed by atoms with E-state index in [1.165, 1.54) is 0 Å². The Morgan fingerprint density at radius 3 is 2.70 bits per heavy atom. The number of hydrogen-bond donors (Lipinski definition) is 2. The van der Waals surface area contributed by atoms with E-state index in [9.17, 15) is 4.79 Å². The maximum Gasteiger partial charge on any atom is 0.291 e. The Hall–Kier alpha value is -2.51. The highest BCUT2D eigenvalue weighted by atomic mass is 16.3. The third-order valence-electron chi connectivity index (χ3n) is 2.75. The number of anilines is 1. The van der Waals surface area contributed by atoms with Crippen molar-refractivity contribution in [1.82, 2.24) is 0 Å². The fourth-order valence-corrected chi connectivity index (χ4v) is 1.77. The number of hydrogen-bond acceptors (Lipinski definition) is 3. The minimum absolute atomic E-state index is 0.171. The SMILES string of the molecule is Cc1ccc(C(=O)Nc2ccc(C#CCO)c(C)c2)o1. The summed E-state index contributed by atoms with van der Waals surface area (Å²) in [6.45, 7) is 3.51. The fourth-order valence-electron chi connectivity index (χ4n) is 1.77. The van der Waals surface area contributed by atoms with Gasteiger partial charge in [-0.05, 0) is 49.7 Å². The first-order chi connectivity index (χ1) is 9.60. The number of rotatable bonds is 2. The van der Waals surface area contributed by atoms with Crippen molar-refractivity contribution in [3.63, 3.8) is 0 Å². The molecule has 2 aromatic rings. The van der Waals surface area contributed by atoms with E-state index < -0.39 is 0 Å². The number of aryl methyl sites for hydroxylation is 2. The lowest BCUT2D eigenvalue weighted by Gasteiger charge is -2.05. The molecule has 0 saturated heterocycles. The zero-order valence-corrected chi connectivity index (χ0v) is 11.4. The summed E-state index contributed by atoms with van der Waals surface area (Å²) < 4.78 is 5.26. The molecular formula is C16H15NO3. The van der Waals surface area contributed by atoms with Crippen LogP contribution < -0.4 is 5.32 Å². The molecule has 1 amide bonds. The van der Waals surface area contributed by atoms with Gasteiger partial charge in [-0.25, -0.2) is 0 Å². The summed E-state index contributed by atoms with van der Waals surface area (Å²) in [5, 5.41) is 11.4. The lowest BCUT2D eigenvalue weighted by atomic mass is 10.1. The van der Waals surface area contributed by atoms with Gasteiger partial charge >= 0.3 is 0 Å². The lowest BCUT2D eigenvalue weighted by Crippen LogP contribution is -2.11. The van der Waals surface area contributed by atoms with Crippen LogP contribution in [0.1, 0.15) is 27.4 Å². The molecule has 0 radical (unpaired) electrons. The van der Waals surface area contributed by atoms with E-state index in [1.807, 2.05) is 13.0 Å². The summed E-state index contributed by atoms with van der Waals surface area (Å²) in [4.78, 5) is 11.9.